The first-order valence-corrected chi connectivity index (χ1v) is 10.7. The fraction of sp³-hybridized carbons (Fsp3) is 0.364. The lowest BCUT2D eigenvalue weighted by molar-refractivity contribution is -0.119. The largest absolute Gasteiger partial charge is 0.492 e. The number of hydrogen-bond donors (Lipinski definition) is 5. The van der Waals surface area contributed by atoms with Crippen LogP contribution in [0.2, 0.25) is 0 Å². The molecule has 2 aromatic rings. The molecular formula is C22H27FN4O3S. The van der Waals surface area contributed by atoms with Crippen molar-refractivity contribution >= 4 is 24.4 Å². The van der Waals surface area contributed by atoms with E-state index >= 15 is 0 Å². The minimum Gasteiger partial charge on any atom is -0.492 e. The van der Waals surface area contributed by atoms with E-state index < -0.39 is 17.9 Å². The van der Waals surface area contributed by atoms with E-state index in [1.165, 1.54) is 12.1 Å². The van der Waals surface area contributed by atoms with Crippen molar-refractivity contribution in [2.24, 2.45) is 11.5 Å². The number of primary amides is 1. The number of nitrogens with one attached hydrogen (secondary N) is 2. The molecule has 2 amide bonds. The summed E-state index contributed by atoms with van der Waals surface area (Å²) in [5.41, 5.74) is 13.3. The Balaban J connectivity index is 1.76. The second kappa shape index (κ2) is 10.6. The Bertz CT molecular complexity index is 925. The van der Waals surface area contributed by atoms with Gasteiger partial charge in [-0.25, -0.2) is 4.39 Å². The van der Waals surface area contributed by atoms with E-state index in [0.717, 1.165) is 12.0 Å². The summed E-state index contributed by atoms with van der Waals surface area (Å²) < 4.78 is 18.9. The number of halogens is 1. The van der Waals surface area contributed by atoms with Crippen LogP contribution in [0.4, 0.5) is 4.39 Å². The van der Waals surface area contributed by atoms with Crippen LogP contribution < -0.4 is 26.8 Å². The summed E-state index contributed by atoms with van der Waals surface area (Å²) in [6.07, 6.45) is 0.898. The molecule has 166 valence electrons. The number of benzene rings is 2. The lowest BCUT2D eigenvalue weighted by Crippen LogP contribution is -2.46. The molecule has 1 aliphatic rings. The van der Waals surface area contributed by atoms with E-state index in [9.17, 15) is 14.0 Å². The molecule has 0 aromatic heterocycles. The van der Waals surface area contributed by atoms with E-state index in [-0.39, 0.29) is 24.3 Å². The molecule has 0 fully saturated rings. The molecule has 31 heavy (non-hydrogen) atoms. The molecule has 0 bridgehead atoms. The molecule has 6 N–H and O–H groups in total. The van der Waals surface area contributed by atoms with E-state index in [2.05, 4.69) is 23.3 Å². The topological polar surface area (TPSA) is 119 Å². The van der Waals surface area contributed by atoms with Crippen LogP contribution in [0.3, 0.4) is 0 Å². The number of ether oxygens (including phenoxy) is 1. The third-order valence-corrected chi connectivity index (χ3v) is 5.65. The standard InChI is InChI=1S/C22H27FN4O3S/c23-14-6-4-13(5-7-14)10-19(21(25)28)27-22(29)17-3-1-2-16-18(8-9-30-20(16)17)26-11-15(24)12-31/h1-7,15,18-19,26,31H,8-12,24H2,(H2,25,28)(H,27,29)/t15-,18?,19+/m1/s1. The van der Waals surface area contributed by atoms with Crippen molar-refractivity contribution < 1.29 is 18.7 Å². The Morgan fingerprint density at radius 1 is 1.23 bits per heavy atom. The Morgan fingerprint density at radius 3 is 2.65 bits per heavy atom. The minimum atomic E-state index is -0.945. The number of para-hydroxylation sites is 1. The normalized spacial score (nSPS) is 17.2. The van der Waals surface area contributed by atoms with Gasteiger partial charge in [0, 0.05) is 42.8 Å². The van der Waals surface area contributed by atoms with E-state index in [4.69, 9.17) is 16.2 Å². The van der Waals surface area contributed by atoms with Crippen molar-refractivity contribution in [2.45, 2.75) is 31.0 Å². The van der Waals surface area contributed by atoms with Gasteiger partial charge in [-0.2, -0.15) is 12.6 Å². The molecule has 1 heterocycles. The average molecular weight is 447 g/mol. The summed E-state index contributed by atoms with van der Waals surface area (Å²) in [6, 6.07) is 9.98. The second-order valence-corrected chi connectivity index (χ2v) is 7.89. The maximum atomic E-state index is 13.1. The number of carbonyl (C=O) groups is 2. The first-order valence-electron chi connectivity index (χ1n) is 10.1. The van der Waals surface area contributed by atoms with Crippen molar-refractivity contribution in [3.63, 3.8) is 0 Å². The van der Waals surface area contributed by atoms with Crippen LogP contribution in [0, 0.1) is 5.82 Å². The first-order chi connectivity index (χ1) is 14.9. The Labute approximate surface area is 186 Å². The molecule has 9 heteroatoms. The van der Waals surface area contributed by atoms with Crippen LogP contribution in [0.15, 0.2) is 42.5 Å². The molecule has 7 nitrogen and oxygen atoms in total. The van der Waals surface area contributed by atoms with E-state index in [1.54, 1.807) is 24.3 Å². The highest BCUT2D eigenvalue weighted by Crippen LogP contribution is 2.35. The quantitative estimate of drug-likeness (QED) is 0.372. The number of amides is 2. The minimum absolute atomic E-state index is 0.00594. The Kier molecular flexibility index (Phi) is 7.89. The molecule has 0 aliphatic carbocycles. The monoisotopic (exact) mass is 446 g/mol. The number of hydrogen-bond acceptors (Lipinski definition) is 6. The number of carbonyl (C=O) groups excluding carboxylic acids is 2. The van der Waals surface area contributed by atoms with Gasteiger partial charge < -0.3 is 26.8 Å². The van der Waals surface area contributed by atoms with E-state index in [0.29, 0.717) is 35.8 Å². The van der Waals surface area contributed by atoms with Crippen molar-refractivity contribution in [2.75, 3.05) is 18.9 Å². The van der Waals surface area contributed by atoms with Gasteiger partial charge in [-0.15, -0.1) is 0 Å². The van der Waals surface area contributed by atoms with Crippen LogP contribution in [-0.4, -0.2) is 42.8 Å². The Hall–Kier alpha value is -2.62. The molecule has 1 aliphatic heterocycles. The number of fused-ring (bicyclic) bond motifs is 1. The predicted molar refractivity (Wildman–Crippen MR) is 120 cm³/mol. The average Bonchev–Trinajstić information content (AvgIpc) is 2.77. The molecule has 0 radical (unpaired) electrons. The smallest absolute Gasteiger partial charge is 0.255 e. The van der Waals surface area contributed by atoms with Crippen LogP contribution in [0.5, 0.6) is 5.75 Å². The van der Waals surface area contributed by atoms with Crippen LogP contribution in [0.25, 0.3) is 0 Å². The maximum absolute atomic E-state index is 13.1. The molecule has 0 saturated heterocycles. The number of rotatable bonds is 9. The molecule has 0 saturated carbocycles. The number of thiol groups is 1. The molecule has 3 atom stereocenters. The summed E-state index contributed by atoms with van der Waals surface area (Å²) in [7, 11) is 0. The predicted octanol–water partition coefficient (Wildman–Crippen LogP) is 1.32. The van der Waals surface area contributed by atoms with Crippen molar-refractivity contribution in [1.82, 2.24) is 10.6 Å². The highest BCUT2D eigenvalue weighted by molar-refractivity contribution is 7.80. The first kappa shape index (κ1) is 23.1. The molecule has 1 unspecified atom stereocenters. The summed E-state index contributed by atoms with van der Waals surface area (Å²) in [5, 5.41) is 6.08. The van der Waals surface area contributed by atoms with Gasteiger partial charge in [0.05, 0.1) is 12.2 Å². The third-order valence-electron chi connectivity index (χ3n) is 5.18. The van der Waals surface area contributed by atoms with Gasteiger partial charge in [-0.3, -0.25) is 9.59 Å². The maximum Gasteiger partial charge on any atom is 0.255 e. The lowest BCUT2D eigenvalue weighted by Gasteiger charge is -2.29. The van der Waals surface area contributed by atoms with Gasteiger partial charge in [0.25, 0.3) is 5.91 Å². The molecule has 0 spiro atoms. The summed E-state index contributed by atoms with van der Waals surface area (Å²) in [6.45, 7) is 1.03. The van der Waals surface area contributed by atoms with Gasteiger partial charge in [-0.1, -0.05) is 24.3 Å². The van der Waals surface area contributed by atoms with E-state index in [1.807, 2.05) is 6.07 Å². The highest BCUT2D eigenvalue weighted by atomic mass is 32.1. The van der Waals surface area contributed by atoms with Crippen LogP contribution in [-0.2, 0) is 11.2 Å². The SMILES string of the molecule is NC(=O)[C@H](Cc1ccc(F)cc1)NC(=O)c1cccc2c1OCCC2NC[C@@H](N)CS. The van der Waals surface area contributed by atoms with Crippen LogP contribution in [0.1, 0.15) is 33.9 Å². The molecule has 2 aromatic carbocycles. The zero-order chi connectivity index (χ0) is 22.4. The van der Waals surface area contributed by atoms with Gasteiger partial charge in [-0.05, 0) is 23.8 Å². The second-order valence-electron chi connectivity index (χ2n) is 7.52. The Morgan fingerprint density at radius 2 is 1.97 bits per heavy atom. The lowest BCUT2D eigenvalue weighted by atomic mass is 9.96. The van der Waals surface area contributed by atoms with Crippen molar-refractivity contribution in [3.05, 3.63) is 65.0 Å². The third kappa shape index (κ3) is 5.96. The summed E-state index contributed by atoms with van der Waals surface area (Å²) in [4.78, 5) is 24.9. The summed E-state index contributed by atoms with van der Waals surface area (Å²) in [5.74, 6) is -0.476. The van der Waals surface area contributed by atoms with Gasteiger partial charge >= 0.3 is 0 Å². The fourth-order valence-corrected chi connectivity index (χ4v) is 3.62. The number of nitrogens with two attached hydrogens (primary N) is 2. The van der Waals surface area contributed by atoms with Crippen LogP contribution >= 0.6 is 12.6 Å². The van der Waals surface area contributed by atoms with Gasteiger partial charge in [0.15, 0.2) is 0 Å². The zero-order valence-corrected chi connectivity index (χ0v) is 17.9. The van der Waals surface area contributed by atoms with Gasteiger partial charge in [0.2, 0.25) is 5.91 Å². The fourth-order valence-electron chi connectivity index (χ4n) is 3.49. The molecule has 3 rings (SSSR count). The summed E-state index contributed by atoms with van der Waals surface area (Å²) >= 11 is 4.20. The van der Waals surface area contributed by atoms with Gasteiger partial charge in [0.1, 0.15) is 17.6 Å². The molecular weight excluding hydrogens is 419 g/mol. The van der Waals surface area contributed by atoms with Crippen molar-refractivity contribution in [1.29, 1.82) is 0 Å². The van der Waals surface area contributed by atoms with Crippen molar-refractivity contribution in [3.8, 4) is 5.75 Å². The zero-order valence-electron chi connectivity index (χ0n) is 17.0. The highest BCUT2D eigenvalue weighted by Gasteiger charge is 2.28.